The van der Waals surface area contributed by atoms with Crippen molar-refractivity contribution in [3.63, 3.8) is 0 Å². The number of carbonyl (C=O) groups is 4. The highest BCUT2D eigenvalue weighted by atomic mass is 35.5. The maximum Gasteiger partial charge on any atom is 0.339 e. The molecule has 2 aromatic rings. The van der Waals surface area contributed by atoms with Gasteiger partial charge >= 0.3 is 5.97 Å². The lowest BCUT2D eigenvalue weighted by molar-refractivity contribution is -0.127. The Morgan fingerprint density at radius 2 is 1.92 bits per heavy atom. The minimum absolute atomic E-state index is 0.112. The van der Waals surface area contributed by atoms with Crippen molar-refractivity contribution in [2.75, 3.05) is 25.1 Å². The summed E-state index contributed by atoms with van der Waals surface area (Å²) in [6.07, 6.45) is 4.81. The van der Waals surface area contributed by atoms with Crippen LogP contribution < -0.4 is 10.1 Å². The van der Waals surface area contributed by atoms with Gasteiger partial charge in [0, 0.05) is 5.69 Å². The van der Waals surface area contributed by atoms with Crippen LogP contribution in [0.4, 0.5) is 10.5 Å². The zero-order chi connectivity index (χ0) is 26.1. The van der Waals surface area contributed by atoms with Crippen LogP contribution in [0.15, 0.2) is 60.0 Å². The number of hydrogen-bond acceptors (Lipinski definition) is 7. The zero-order valence-electron chi connectivity index (χ0n) is 19.6. The molecule has 2 aromatic carbocycles. The molecular formula is C26H25ClN2O6S. The molecule has 1 aliphatic rings. The number of nitrogens with zero attached hydrogens (tertiary/aromatic N) is 1. The van der Waals surface area contributed by atoms with E-state index >= 15 is 0 Å². The van der Waals surface area contributed by atoms with Crippen molar-refractivity contribution in [3.8, 4) is 5.75 Å². The van der Waals surface area contributed by atoms with E-state index in [2.05, 4.69) is 11.9 Å². The molecule has 0 aromatic heterocycles. The first-order valence-corrected chi connectivity index (χ1v) is 12.4. The summed E-state index contributed by atoms with van der Waals surface area (Å²) in [6, 6.07) is 11.4. The van der Waals surface area contributed by atoms with Gasteiger partial charge in [0.25, 0.3) is 11.1 Å². The number of carbonyl (C=O) groups excluding carboxylic acids is 4. The maximum atomic E-state index is 12.8. The van der Waals surface area contributed by atoms with Crippen molar-refractivity contribution in [1.29, 1.82) is 0 Å². The van der Waals surface area contributed by atoms with Gasteiger partial charge in [0.1, 0.15) is 18.9 Å². The van der Waals surface area contributed by atoms with Crippen molar-refractivity contribution in [2.45, 2.75) is 19.8 Å². The molecule has 188 valence electrons. The van der Waals surface area contributed by atoms with E-state index in [1.165, 1.54) is 18.2 Å². The molecule has 1 saturated heterocycles. The van der Waals surface area contributed by atoms with Gasteiger partial charge in [0.05, 0.1) is 22.1 Å². The fourth-order valence-electron chi connectivity index (χ4n) is 3.09. The second kappa shape index (κ2) is 12.9. The van der Waals surface area contributed by atoms with E-state index in [4.69, 9.17) is 21.1 Å². The minimum Gasteiger partial charge on any atom is -0.490 e. The van der Waals surface area contributed by atoms with Crippen LogP contribution in [-0.4, -0.2) is 47.7 Å². The third kappa shape index (κ3) is 7.22. The van der Waals surface area contributed by atoms with E-state index in [-0.39, 0.29) is 27.8 Å². The fraction of sp³-hybridized carbons (Fsp3) is 0.231. The molecule has 0 atom stereocenters. The van der Waals surface area contributed by atoms with Gasteiger partial charge in [0.2, 0.25) is 5.91 Å². The Bertz CT molecular complexity index is 1200. The SMILES string of the molecule is C=CCOc1ccc(/C=C2/SC(=O)N(CC(=O)Nc3ccc(Cl)c(C(=O)OCCCC)c3)C2=O)cc1. The summed E-state index contributed by atoms with van der Waals surface area (Å²) >= 11 is 6.85. The summed E-state index contributed by atoms with van der Waals surface area (Å²) < 4.78 is 10.6. The molecule has 3 amide bonds. The number of nitrogens with one attached hydrogen (secondary N) is 1. The van der Waals surface area contributed by atoms with Crippen LogP contribution in [-0.2, 0) is 14.3 Å². The number of benzene rings is 2. The van der Waals surface area contributed by atoms with Crippen molar-refractivity contribution in [1.82, 2.24) is 4.90 Å². The van der Waals surface area contributed by atoms with Crippen LogP contribution in [0.2, 0.25) is 5.02 Å². The monoisotopic (exact) mass is 528 g/mol. The number of hydrogen-bond donors (Lipinski definition) is 1. The van der Waals surface area contributed by atoms with Crippen LogP contribution in [0.3, 0.4) is 0 Å². The molecule has 0 spiro atoms. The molecule has 0 saturated carbocycles. The van der Waals surface area contributed by atoms with Gasteiger partial charge < -0.3 is 14.8 Å². The number of ether oxygens (including phenoxy) is 2. The van der Waals surface area contributed by atoms with Gasteiger partial charge in [-0.1, -0.05) is 49.7 Å². The van der Waals surface area contributed by atoms with Crippen molar-refractivity contribution in [3.05, 3.63) is 76.2 Å². The summed E-state index contributed by atoms with van der Waals surface area (Å²) in [4.78, 5) is 51.0. The van der Waals surface area contributed by atoms with E-state index in [1.54, 1.807) is 36.4 Å². The second-order valence-corrected chi connectivity index (χ2v) is 9.07. The molecule has 10 heteroatoms. The Kier molecular flexibility index (Phi) is 9.72. The lowest BCUT2D eigenvalue weighted by Gasteiger charge is -2.13. The van der Waals surface area contributed by atoms with Crippen molar-refractivity contribution >= 4 is 58.1 Å². The lowest BCUT2D eigenvalue weighted by atomic mass is 10.2. The van der Waals surface area contributed by atoms with Gasteiger partial charge in [0.15, 0.2) is 0 Å². The summed E-state index contributed by atoms with van der Waals surface area (Å²) in [5, 5.41) is 2.22. The number of amides is 3. The van der Waals surface area contributed by atoms with E-state index in [9.17, 15) is 19.2 Å². The summed E-state index contributed by atoms with van der Waals surface area (Å²) in [6.45, 7) is 5.73. The first-order chi connectivity index (χ1) is 17.3. The normalized spacial score (nSPS) is 14.2. The molecular weight excluding hydrogens is 504 g/mol. The number of anilines is 1. The Morgan fingerprint density at radius 3 is 2.61 bits per heavy atom. The minimum atomic E-state index is -0.602. The predicted octanol–water partition coefficient (Wildman–Crippen LogP) is 5.54. The Balaban J connectivity index is 1.63. The Morgan fingerprint density at radius 1 is 1.17 bits per heavy atom. The topological polar surface area (TPSA) is 102 Å². The van der Waals surface area contributed by atoms with E-state index in [1.807, 2.05) is 6.92 Å². The first kappa shape index (κ1) is 27.0. The molecule has 1 N–H and O–H groups in total. The van der Waals surface area contributed by atoms with Gasteiger partial charge in [-0.05, 0) is 60.2 Å². The molecule has 0 unspecified atom stereocenters. The quantitative estimate of drug-likeness (QED) is 0.177. The van der Waals surface area contributed by atoms with E-state index in [0.717, 1.165) is 29.5 Å². The highest BCUT2D eigenvalue weighted by Crippen LogP contribution is 2.32. The van der Waals surface area contributed by atoms with Gasteiger partial charge in [-0.15, -0.1) is 0 Å². The van der Waals surface area contributed by atoms with Gasteiger partial charge in [-0.3, -0.25) is 19.3 Å². The number of rotatable bonds is 11. The molecule has 1 fully saturated rings. The Hall–Kier alpha value is -3.56. The second-order valence-electron chi connectivity index (χ2n) is 7.67. The van der Waals surface area contributed by atoms with Crippen LogP contribution in [0.1, 0.15) is 35.7 Å². The first-order valence-electron chi connectivity index (χ1n) is 11.2. The maximum absolute atomic E-state index is 12.8. The van der Waals surface area contributed by atoms with Crippen LogP contribution in [0.5, 0.6) is 5.75 Å². The molecule has 1 aliphatic heterocycles. The summed E-state index contributed by atoms with van der Waals surface area (Å²) in [7, 11) is 0. The fourth-order valence-corrected chi connectivity index (χ4v) is 4.13. The smallest absolute Gasteiger partial charge is 0.339 e. The zero-order valence-corrected chi connectivity index (χ0v) is 21.2. The third-order valence-corrected chi connectivity index (χ3v) is 6.16. The largest absolute Gasteiger partial charge is 0.490 e. The van der Waals surface area contributed by atoms with Gasteiger partial charge in [-0.25, -0.2) is 4.79 Å². The van der Waals surface area contributed by atoms with E-state index < -0.39 is 29.6 Å². The number of thioether (sulfide) groups is 1. The summed E-state index contributed by atoms with van der Waals surface area (Å²) in [5.41, 5.74) is 1.10. The highest BCUT2D eigenvalue weighted by Gasteiger charge is 2.36. The van der Waals surface area contributed by atoms with Crippen LogP contribution >= 0.6 is 23.4 Å². The van der Waals surface area contributed by atoms with Crippen molar-refractivity contribution < 1.29 is 28.7 Å². The number of imide groups is 1. The Labute approximate surface area is 218 Å². The standard InChI is InChI=1S/C26H25ClN2O6S/c1-3-5-13-35-25(32)20-15-18(8-11-21(20)27)28-23(30)16-29-24(31)22(36-26(29)33)14-17-6-9-19(10-7-17)34-12-4-2/h4,6-11,14-15H,2-3,5,12-13,16H2,1H3,(H,28,30)/b22-14+. The number of halogens is 1. The third-order valence-electron chi connectivity index (χ3n) is 4.92. The molecule has 0 aliphatic carbocycles. The average Bonchev–Trinajstić information content (AvgIpc) is 3.12. The average molecular weight is 529 g/mol. The molecule has 3 rings (SSSR count). The lowest BCUT2D eigenvalue weighted by Crippen LogP contribution is -2.36. The summed E-state index contributed by atoms with van der Waals surface area (Å²) in [5.74, 6) is -1.12. The molecule has 36 heavy (non-hydrogen) atoms. The highest BCUT2D eigenvalue weighted by molar-refractivity contribution is 8.18. The van der Waals surface area contributed by atoms with Crippen LogP contribution in [0, 0.1) is 0 Å². The molecule has 0 radical (unpaired) electrons. The van der Waals surface area contributed by atoms with E-state index in [0.29, 0.717) is 17.9 Å². The van der Waals surface area contributed by atoms with Crippen LogP contribution in [0.25, 0.3) is 6.08 Å². The number of esters is 1. The predicted molar refractivity (Wildman–Crippen MR) is 140 cm³/mol. The molecule has 1 heterocycles. The molecule has 0 bridgehead atoms. The number of unbranched alkanes of at least 4 members (excludes halogenated alkanes) is 1. The van der Waals surface area contributed by atoms with Gasteiger partial charge in [-0.2, -0.15) is 0 Å². The molecule has 8 nitrogen and oxygen atoms in total. The van der Waals surface area contributed by atoms with Crippen molar-refractivity contribution in [2.24, 2.45) is 0 Å².